The third-order valence-electron chi connectivity index (χ3n) is 5.78. The lowest BCUT2D eigenvalue weighted by molar-refractivity contribution is 0.256. The molecule has 0 spiro atoms. The summed E-state index contributed by atoms with van der Waals surface area (Å²) in [4.78, 5) is 12.2. The Morgan fingerprint density at radius 1 is 0.757 bits per heavy atom. The van der Waals surface area contributed by atoms with Crippen LogP contribution in [-0.2, 0) is 10.0 Å². The number of urea groups is 1. The van der Waals surface area contributed by atoms with Gasteiger partial charge in [0.05, 0.1) is 22.0 Å². The van der Waals surface area contributed by atoms with E-state index in [0.717, 1.165) is 28.1 Å². The highest BCUT2D eigenvalue weighted by molar-refractivity contribution is 7.90. The number of nitrogens with zero attached hydrogens (tertiary/aromatic N) is 2. The molecule has 0 aliphatic carbocycles. The number of aryl methyl sites for hydroxylation is 1. The van der Waals surface area contributed by atoms with Gasteiger partial charge in [0.1, 0.15) is 0 Å². The highest BCUT2D eigenvalue weighted by Gasteiger charge is 2.19. The highest BCUT2D eigenvalue weighted by atomic mass is 32.2. The number of carbonyl (C=O) groups is 1. The van der Waals surface area contributed by atoms with Gasteiger partial charge in [-0.05, 0) is 49.4 Å². The molecule has 0 radical (unpaired) electrons. The third kappa shape index (κ3) is 5.44. The maximum atomic E-state index is 12.8. The first-order valence-corrected chi connectivity index (χ1v) is 13.1. The summed E-state index contributed by atoms with van der Waals surface area (Å²) in [7, 11) is -4.07. The second-order valence-corrected chi connectivity index (χ2v) is 10.2. The van der Waals surface area contributed by atoms with Crippen molar-refractivity contribution in [3.8, 4) is 28.2 Å². The Hall–Kier alpha value is -4.69. The van der Waals surface area contributed by atoms with E-state index in [-0.39, 0.29) is 4.90 Å². The fourth-order valence-corrected chi connectivity index (χ4v) is 4.79. The van der Waals surface area contributed by atoms with Gasteiger partial charge >= 0.3 is 6.03 Å². The van der Waals surface area contributed by atoms with E-state index in [1.54, 1.807) is 47.1 Å². The molecule has 184 valence electrons. The normalized spacial score (nSPS) is 11.2. The van der Waals surface area contributed by atoms with E-state index in [1.165, 1.54) is 12.1 Å². The number of hydrogen-bond donors (Lipinski definition) is 2. The number of sulfonamides is 1. The van der Waals surface area contributed by atoms with E-state index in [9.17, 15) is 13.2 Å². The zero-order chi connectivity index (χ0) is 25.8. The number of amides is 2. The number of anilines is 1. The Kier molecular flexibility index (Phi) is 6.57. The Bertz CT molecular complexity index is 1630. The van der Waals surface area contributed by atoms with E-state index in [4.69, 9.17) is 5.10 Å². The van der Waals surface area contributed by atoms with Crippen LogP contribution >= 0.6 is 0 Å². The van der Waals surface area contributed by atoms with Gasteiger partial charge in [0, 0.05) is 16.8 Å². The second-order valence-electron chi connectivity index (χ2n) is 8.48. The first-order valence-electron chi connectivity index (χ1n) is 11.6. The Morgan fingerprint density at radius 2 is 1.38 bits per heavy atom. The minimum Gasteiger partial charge on any atom is -0.307 e. The topological polar surface area (TPSA) is 93.1 Å². The van der Waals surface area contributed by atoms with Gasteiger partial charge in [0.2, 0.25) is 0 Å². The average Bonchev–Trinajstić information content (AvgIpc) is 3.35. The predicted molar refractivity (Wildman–Crippen MR) is 145 cm³/mol. The molecule has 2 amide bonds. The number of carbonyl (C=O) groups excluding carboxylic acids is 1. The largest absolute Gasteiger partial charge is 0.333 e. The van der Waals surface area contributed by atoms with Crippen LogP contribution in [0.3, 0.4) is 0 Å². The summed E-state index contributed by atoms with van der Waals surface area (Å²) < 4.78 is 29.4. The summed E-state index contributed by atoms with van der Waals surface area (Å²) in [6.07, 6.45) is 0. The van der Waals surface area contributed by atoms with Crippen molar-refractivity contribution >= 4 is 21.7 Å². The number of nitrogens with one attached hydrogen (secondary N) is 2. The Labute approximate surface area is 215 Å². The van der Waals surface area contributed by atoms with Crippen molar-refractivity contribution in [1.82, 2.24) is 14.5 Å². The first-order chi connectivity index (χ1) is 17.9. The van der Waals surface area contributed by atoms with Crippen LogP contribution in [0.5, 0.6) is 0 Å². The van der Waals surface area contributed by atoms with E-state index < -0.39 is 16.1 Å². The van der Waals surface area contributed by atoms with Gasteiger partial charge in [-0.1, -0.05) is 78.4 Å². The summed E-state index contributed by atoms with van der Waals surface area (Å²) in [5.41, 5.74) is 5.96. The van der Waals surface area contributed by atoms with Crippen molar-refractivity contribution in [1.29, 1.82) is 0 Å². The fraction of sp³-hybridized carbons (Fsp3) is 0.0345. The fourth-order valence-electron chi connectivity index (χ4n) is 3.88. The number of rotatable bonds is 6. The molecule has 2 N–H and O–H groups in total. The molecule has 0 saturated carbocycles. The average molecular weight is 509 g/mol. The Morgan fingerprint density at radius 3 is 2.03 bits per heavy atom. The van der Waals surface area contributed by atoms with Crippen molar-refractivity contribution in [2.24, 2.45) is 0 Å². The smallest absolute Gasteiger partial charge is 0.307 e. The van der Waals surface area contributed by atoms with Gasteiger partial charge in [-0.3, -0.25) is 0 Å². The molecule has 1 heterocycles. The molecule has 5 aromatic rings. The second kappa shape index (κ2) is 10.1. The highest BCUT2D eigenvalue weighted by Crippen LogP contribution is 2.29. The standard InChI is InChI=1S/C29H24N4O3S/c1-21-12-14-22(15-13-21)27-20-28(23-8-4-2-5-9-23)33(31-27)25-16-18-26(19-17-25)37(35,36)32-29(34)30-24-10-6-3-7-11-24/h2-20H,1H3,(H2,30,32,34). The molecular formula is C29H24N4O3S. The van der Waals surface area contributed by atoms with Gasteiger partial charge in [-0.2, -0.15) is 5.10 Å². The zero-order valence-electron chi connectivity index (χ0n) is 20.0. The lowest BCUT2D eigenvalue weighted by atomic mass is 10.1. The number of para-hydroxylation sites is 1. The molecule has 0 aliphatic rings. The van der Waals surface area contributed by atoms with E-state index in [0.29, 0.717) is 11.4 Å². The molecule has 0 atom stereocenters. The van der Waals surface area contributed by atoms with E-state index in [2.05, 4.69) is 5.32 Å². The van der Waals surface area contributed by atoms with Crippen LogP contribution in [0.15, 0.2) is 120 Å². The molecule has 7 nitrogen and oxygen atoms in total. The van der Waals surface area contributed by atoms with Crippen molar-refractivity contribution < 1.29 is 13.2 Å². The van der Waals surface area contributed by atoms with Gasteiger partial charge in [-0.25, -0.2) is 22.6 Å². The van der Waals surface area contributed by atoms with Crippen LogP contribution in [0, 0.1) is 6.92 Å². The van der Waals surface area contributed by atoms with Gasteiger partial charge in [-0.15, -0.1) is 0 Å². The SMILES string of the molecule is Cc1ccc(-c2cc(-c3ccccc3)n(-c3ccc(S(=O)(=O)NC(=O)Nc4ccccc4)cc3)n2)cc1. The maximum Gasteiger partial charge on any atom is 0.333 e. The molecule has 1 aromatic heterocycles. The van der Waals surface area contributed by atoms with Crippen molar-refractivity contribution in [3.05, 3.63) is 121 Å². The first kappa shape index (κ1) is 24.0. The molecule has 5 rings (SSSR count). The summed E-state index contributed by atoms with van der Waals surface area (Å²) >= 11 is 0. The quantitative estimate of drug-likeness (QED) is 0.293. The lowest BCUT2D eigenvalue weighted by Crippen LogP contribution is -2.34. The van der Waals surface area contributed by atoms with Crippen molar-refractivity contribution in [3.63, 3.8) is 0 Å². The molecule has 37 heavy (non-hydrogen) atoms. The lowest BCUT2D eigenvalue weighted by Gasteiger charge is -2.11. The van der Waals surface area contributed by atoms with Crippen molar-refractivity contribution in [2.75, 3.05) is 5.32 Å². The molecular weight excluding hydrogens is 484 g/mol. The Balaban J connectivity index is 1.44. The molecule has 8 heteroatoms. The van der Waals surface area contributed by atoms with Crippen LogP contribution in [0.2, 0.25) is 0 Å². The summed E-state index contributed by atoms with van der Waals surface area (Å²) in [6.45, 7) is 2.04. The summed E-state index contributed by atoms with van der Waals surface area (Å²) in [5.74, 6) is 0. The van der Waals surface area contributed by atoms with E-state index in [1.807, 2.05) is 72.3 Å². The monoisotopic (exact) mass is 508 g/mol. The van der Waals surface area contributed by atoms with Gasteiger partial charge < -0.3 is 5.32 Å². The summed E-state index contributed by atoms with van der Waals surface area (Å²) in [5, 5.41) is 7.34. The zero-order valence-corrected chi connectivity index (χ0v) is 20.8. The minimum atomic E-state index is -4.07. The number of aromatic nitrogens is 2. The minimum absolute atomic E-state index is 0.0355. The third-order valence-corrected chi connectivity index (χ3v) is 7.12. The molecule has 0 bridgehead atoms. The maximum absolute atomic E-state index is 12.8. The molecule has 0 aliphatic heterocycles. The molecule has 0 unspecified atom stereocenters. The van der Waals surface area contributed by atoms with E-state index >= 15 is 0 Å². The molecule has 4 aromatic carbocycles. The predicted octanol–water partition coefficient (Wildman–Crippen LogP) is 6.03. The molecule has 0 fully saturated rings. The van der Waals surface area contributed by atoms with Gasteiger partial charge in [0.15, 0.2) is 0 Å². The molecule has 0 saturated heterocycles. The van der Waals surface area contributed by atoms with Gasteiger partial charge in [0.25, 0.3) is 10.0 Å². The summed E-state index contributed by atoms with van der Waals surface area (Å²) in [6, 6.07) is 34.0. The van der Waals surface area contributed by atoms with Crippen LogP contribution in [0.25, 0.3) is 28.2 Å². The van der Waals surface area contributed by atoms with Crippen LogP contribution in [-0.4, -0.2) is 24.2 Å². The van der Waals surface area contributed by atoms with Crippen LogP contribution in [0.4, 0.5) is 10.5 Å². The van der Waals surface area contributed by atoms with Crippen LogP contribution in [0.1, 0.15) is 5.56 Å². The van der Waals surface area contributed by atoms with Crippen molar-refractivity contribution in [2.45, 2.75) is 11.8 Å². The number of benzene rings is 4. The number of hydrogen-bond acceptors (Lipinski definition) is 4. The van der Waals surface area contributed by atoms with Crippen LogP contribution < -0.4 is 10.0 Å².